The van der Waals surface area contributed by atoms with Gasteiger partial charge in [0.2, 0.25) is 0 Å². The van der Waals surface area contributed by atoms with Crippen molar-refractivity contribution in [2.24, 2.45) is 0 Å². The molecule has 0 radical (unpaired) electrons. The molecule has 1 amide bonds. The van der Waals surface area contributed by atoms with Gasteiger partial charge in [-0.1, -0.05) is 48.5 Å². The van der Waals surface area contributed by atoms with Gasteiger partial charge in [0, 0.05) is 11.5 Å². The lowest BCUT2D eigenvalue weighted by molar-refractivity contribution is -0.139. The maximum Gasteiger partial charge on any atom is 0.408 e. The Morgan fingerprint density at radius 2 is 1.58 bits per heavy atom. The topological polar surface area (TPSA) is 116 Å². The molecule has 0 aliphatic heterocycles. The molecule has 1 unspecified atom stereocenters. The second kappa shape index (κ2) is 8.31. The Balaban J connectivity index is 1.52. The number of aromatic hydroxyl groups is 2. The molecule has 0 heterocycles. The van der Waals surface area contributed by atoms with Gasteiger partial charge >= 0.3 is 12.1 Å². The monoisotopic (exact) mass is 483 g/mol. The van der Waals surface area contributed by atoms with Crippen molar-refractivity contribution in [3.8, 4) is 22.6 Å². The number of phenols is 2. The van der Waals surface area contributed by atoms with Crippen molar-refractivity contribution < 1.29 is 29.6 Å². The third kappa shape index (κ3) is 3.94. The molecule has 0 bridgehead atoms. The smallest absolute Gasteiger partial charge is 0.408 e. The molecule has 0 spiro atoms. The number of hydrogen-bond acceptors (Lipinski definition) is 5. The summed E-state index contributed by atoms with van der Waals surface area (Å²) in [6.07, 6.45) is -0.951. The average Bonchev–Trinajstić information content (AvgIpc) is 3.07. The molecule has 8 heteroatoms. The number of amides is 1. The first-order valence-corrected chi connectivity index (χ1v) is 10.2. The van der Waals surface area contributed by atoms with Crippen LogP contribution < -0.4 is 5.32 Å². The first-order valence-electron chi connectivity index (χ1n) is 9.42. The fourth-order valence-corrected chi connectivity index (χ4v) is 4.32. The van der Waals surface area contributed by atoms with Crippen molar-refractivity contribution in [2.45, 2.75) is 12.0 Å². The second-order valence-corrected chi connectivity index (χ2v) is 7.96. The Hall–Kier alpha value is -3.52. The minimum absolute atomic E-state index is 0.0158. The molecule has 158 valence electrons. The van der Waals surface area contributed by atoms with E-state index in [1.807, 2.05) is 48.5 Å². The van der Waals surface area contributed by atoms with Crippen molar-refractivity contribution in [1.82, 2.24) is 5.32 Å². The van der Waals surface area contributed by atoms with E-state index in [1.165, 1.54) is 6.07 Å². The van der Waals surface area contributed by atoms with E-state index >= 15 is 0 Å². The third-order valence-electron chi connectivity index (χ3n) is 5.24. The molecule has 4 rings (SSSR count). The maximum atomic E-state index is 12.4. The quantitative estimate of drug-likeness (QED) is 0.396. The summed E-state index contributed by atoms with van der Waals surface area (Å²) >= 11 is 3.04. The number of ether oxygens (including phenoxy) is 1. The Labute approximate surface area is 186 Å². The van der Waals surface area contributed by atoms with Gasteiger partial charge in [0.1, 0.15) is 18.1 Å². The number of fused-ring (bicyclic) bond motifs is 3. The van der Waals surface area contributed by atoms with Crippen LogP contribution in [-0.2, 0) is 9.53 Å². The van der Waals surface area contributed by atoms with E-state index in [0.29, 0.717) is 0 Å². The lowest BCUT2D eigenvalue weighted by atomic mass is 9.98. The summed E-state index contributed by atoms with van der Waals surface area (Å²) in [4.78, 5) is 24.2. The van der Waals surface area contributed by atoms with E-state index in [9.17, 15) is 24.9 Å². The highest BCUT2D eigenvalue weighted by molar-refractivity contribution is 9.10. The number of carbonyl (C=O) groups excluding carboxylic acids is 1. The van der Waals surface area contributed by atoms with Gasteiger partial charge in [-0.25, -0.2) is 9.59 Å². The van der Waals surface area contributed by atoms with Crippen LogP contribution in [0.3, 0.4) is 0 Å². The van der Waals surface area contributed by atoms with Crippen LogP contribution in [0.2, 0.25) is 0 Å². The summed E-state index contributed by atoms with van der Waals surface area (Å²) in [5.74, 6) is -2.25. The summed E-state index contributed by atoms with van der Waals surface area (Å²) in [6, 6.07) is 16.4. The number of carboxylic acid groups (broad SMARTS) is 1. The largest absolute Gasteiger partial charge is 0.508 e. The number of aliphatic carboxylic acids is 1. The molecule has 0 fully saturated rings. The molecule has 7 nitrogen and oxygen atoms in total. The van der Waals surface area contributed by atoms with Gasteiger partial charge in [-0.3, -0.25) is 0 Å². The summed E-state index contributed by atoms with van der Waals surface area (Å²) in [5.41, 5.74) is 4.03. The highest BCUT2D eigenvalue weighted by Gasteiger charge is 2.31. The molecule has 1 aliphatic rings. The third-order valence-corrected chi connectivity index (χ3v) is 5.85. The van der Waals surface area contributed by atoms with Crippen molar-refractivity contribution in [1.29, 1.82) is 0 Å². The van der Waals surface area contributed by atoms with Gasteiger partial charge in [-0.15, -0.1) is 0 Å². The minimum atomic E-state index is -1.61. The predicted molar refractivity (Wildman–Crippen MR) is 116 cm³/mol. The number of nitrogens with one attached hydrogen (secondary N) is 1. The molecule has 1 aliphatic carbocycles. The van der Waals surface area contributed by atoms with Gasteiger partial charge in [-0.05, 0) is 50.3 Å². The van der Waals surface area contributed by atoms with Crippen molar-refractivity contribution in [2.75, 3.05) is 6.61 Å². The first-order chi connectivity index (χ1) is 14.9. The Kier molecular flexibility index (Phi) is 5.56. The number of rotatable bonds is 5. The molecular formula is C23H18BrNO6. The lowest BCUT2D eigenvalue weighted by Crippen LogP contribution is -2.35. The summed E-state index contributed by atoms with van der Waals surface area (Å²) in [7, 11) is 0. The Bertz CT molecular complexity index is 1130. The number of halogens is 1. The van der Waals surface area contributed by atoms with Gasteiger partial charge in [0.15, 0.2) is 6.04 Å². The van der Waals surface area contributed by atoms with Crippen LogP contribution in [0.4, 0.5) is 4.79 Å². The van der Waals surface area contributed by atoms with E-state index < -0.39 is 23.9 Å². The number of benzene rings is 3. The number of carboxylic acids is 1. The molecule has 0 saturated heterocycles. The first kappa shape index (κ1) is 20.7. The fourth-order valence-electron chi connectivity index (χ4n) is 3.86. The molecular weight excluding hydrogens is 466 g/mol. The zero-order chi connectivity index (χ0) is 22.1. The van der Waals surface area contributed by atoms with Crippen LogP contribution in [0.25, 0.3) is 11.1 Å². The Morgan fingerprint density at radius 1 is 1.00 bits per heavy atom. The Morgan fingerprint density at radius 3 is 2.16 bits per heavy atom. The van der Waals surface area contributed by atoms with Gasteiger partial charge in [0.25, 0.3) is 0 Å². The molecule has 1 atom stereocenters. The minimum Gasteiger partial charge on any atom is -0.508 e. The van der Waals surface area contributed by atoms with Crippen molar-refractivity contribution in [3.63, 3.8) is 0 Å². The summed E-state index contributed by atoms with van der Waals surface area (Å²) < 4.78 is 5.47. The van der Waals surface area contributed by atoms with Crippen molar-refractivity contribution in [3.05, 3.63) is 81.8 Å². The lowest BCUT2D eigenvalue weighted by Gasteiger charge is -2.19. The number of phenolic OH excluding ortho intramolecular Hbond substituents is 2. The predicted octanol–water partition coefficient (Wildman–Crippen LogP) is 4.52. The maximum absolute atomic E-state index is 12.4. The molecule has 4 N–H and O–H groups in total. The molecule has 0 saturated carbocycles. The second-order valence-electron chi connectivity index (χ2n) is 7.11. The number of carbonyl (C=O) groups is 2. The van der Waals surface area contributed by atoms with Crippen LogP contribution in [0.5, 0.6) is 11.5 Å². The van der Waals surface area contributed by atoms with E-state index in [4.69, 9.17) is 4.74 Å². The van der Waals surface area contributed by atoms with Gasteiger partial charge in [0.05, 0.1) is 4.47 Å². The normalized spacial score (nSPS) is 13.2. The van der Waals surface area contributed by atoms with E-state index in [1.54, 1.807) is 0 Å². The molecule has 0 aromatic heterocycles. The van der Waals surface area contributed by atoms with Crippen LogP contribution in [0.15, 0.2) is 65.1 Å². The molecule has 3 aromatic carbocycles. The highest BCUT2D eigenvalue weighted by atomic mass is 79.9. The molecule has 31 heavy (non-hydrogen) atoms. The van der Waals surface area contributed by atoms with Crippen LogP contribution in [0.1, 0.15) is 28.7 Å². The fraction of sp³-hybridized carbons (Fsp3) is 0.130. The number of hydrogen-bond donors (Lipinski definition) is 4. The summed E-state index contributed by atoms with van der Waals surface area (Å²) in [6.45, 7) is 0.0158. The average molecular weight is 484 g/mol. The highest BCUT2D eigenvalue weighted by Crippen LogP contribution is 2.44. The SMILES string of the molecule is O=C(NC(C(=O)O)c1cc(O)cc(Br)c1O)OCC1c2ccccc2-c2ccccc21. The zero-order valence-corrected chi connectivity index (χ0v) is 17.7. The van der Waals surface area contributed by atoms with Crippen molar-refractivity contribution >= 4 is 28.0 Å². The van der Waals surface area contributed by atoms with E-state index in [0.717, 1.165) is 28.3 Å². The standard InChI is InChI=1S/C23H18BrNO6/c24-19-10-12(26)9-17(21(19)27)20(22(28)29)25-23(30)31-11-18-15-7-3-1-5-13(15)14-6-2-4-8-16(14)18/h1-10,18,20,26-27H,11H2,(H,25,30)(H,28,29). The van der Waals surface area contributed by atoms with Crippen LogP contribution in [0, 0.1) is 0 Å². The number of alkyl carbamates (subject to hydrolysis) is 1. The van der Waals surface area contributed by atoms with Gasteiger partial charge in [-0.2, -0.15) is 0 Å². The zero-order valence-electron chi connectivity index (χ0n) is 16.1. The summed E-state index contributed by atoms with van der Waals surface area (Å²) in [5, 5.41) is 31.7. The van der Waals surface area contributed by atoms with E-state index in [2.05, 4.69) is 21.2 Å². The van der Waals surface area contributed by atoms with E-state index in [-0.39, 0.29) is 28.3 Å². The molecule has 3 aromatic rings. The van der Waals surface area contributed by atoms with Crippen LogP contribution >= 0.6 is 15.9 Å². The van der Waals surface area contributed by atoms with Gasteiger partial charge < -0.3 is 25.4 Å². The van der Waals surface area contributed by atoms with Crippen LogP contribution in [-0.4, -0.2) is 34.0 Å².